The van der Waals surface area contributed by atoms with Crippen LogP contribution in [0.3, 0.4) is 0 Å². The lowest BCUT2D eigenvalue weighted by Gasteiger charge is -2.17. The fourth-order valence-corrected chi connectivity index (χ4v) is 2.96. The lowest BCUT2D eigenvalue weighted by Crippen LogP contribution is -2.35. The molecule has 0 bridgehead atoms. The third kappa shape index (κ3) is 4.30. The molecule has 3 atom stereocenters. The Balaban J connectivity index is 1.57. The van der Waals surface area contributed by atoms with Gasteiger partial charge in [0.05, 0.1) is 17.1 Å². The number of aromatic amines is 1. The molecule has 3 N–H and O–H groups in total. The number of aromatic nitrogens is 2. The minimum Gasteiger partial charge on any atom is -0.390 e. The molecule has 0 amide bonds. The SMILES string of the molecule is Cc1cn([C@H]2C[C@H](O)[C@@H](CNCc3ccc([N+](=O)[O-])cc3)O2)c(=O)[nH]c1=O. The largest absolute Gasteiger partial charge is 0.390 e. The van der Waals surface area contributed by atoms with Crippen molar-refractivity contribution < 1.29 is 14.8 Å². The summed E-state index contributed by atoms with van der Waals surface area (Å²) in [5.74, 6) is 0. The molecule has 2 heterocycles. The molecule has 1 aromatic heterocycles. The molecule has 144 valence electrons. The van der Waals surface area contributed by atoms with Crippen LogP contribution in [0.25, 0.3) is 0 Å². The van der Waals surface area contributed by atoms with E-state index in [9.17, 15) is 24.8 Å². The van der Waals surface area contributed by atoms with Crippen molar-refractivity contribution in [3.8, 4) is 0 Å². The Morgan fingerprint density at radius 1 is 1.37 bits per heavy atom. The van der Waals surface area contributed by atoms with E-state index in [2.05, 4.69) is 10.3 Å². The number of aliphatic hydroxyl groups is 1. The van der Waals surface area contributed by atoms with Gasteiger partial charge in [-0.3, -0.25) is 24.5 Å². The minimum absolute atomic E-state index is 0.0257. The van der Waals surface area contributed by atoms with Crippen molar-refractivity contribution in [3.63, 3.8) is 0 Å². The van der Waals surface area contributed by atoms with Crippen LogP contribution in [-0.4, -0.2) is 38.3 Å². The highest BCUT2D eigenvalue weighted by molar-refractivity contribution is 5.32. The zero-order valence-electron chi connectivity index (χ0n) is 14.6. The molecular weight excluding hydrogens is 356 g/mol. The summed E-state index contributed by atoms with van der Waals surface area (Å²) >= 11 is 0. The van der Waals surface area contributed by atoms with Crippen molar-refractivity contribution in [2.45, 2.75) is 38.3 Å². The number of non-ortho nitro benzene ring substituents is 1. The molecule has 1 aliphatic heterocycles. The molecule has 0 radical (unpaired) electrons. The van der Waals surface area contributed by atoms with Crippen LogP contribution in [0.1, 0.15) is 23.8 Å². The van der Waals surface area contributed by atoms with Crippen molar-refractivity contribution >= 4 is 5.69 Å². The van der Waals surface area contributed by atoms with Gasteiger partial charge in [0.1, 0.15) is 6.23 Å². The number of nitro benzene ring substituents is 1. The Hall–Kier alpha value is -2.82. The molecular formula is C17H20N4O6. The number of aryl methyl sites for hydroxylation is 1. The number of nitrogens with one attached hydrogen (secondary N) is 2. The van der Waals surface area contributed by atoms with E-state index in [1.54, 1.807) is 19.1 Å². The minimum atomic E-state index is -0.765. The van der Waals surface area contributed by atoms with Crippen molar-refractivity contribution in [2.24, 2.45) is 0 Å². The molecule has 1 fully saturated rings. The molecule has 10 heteroatoms. The molecule has 27 heavy (non-hydrogen) atoms. The highest BCUT2D eigenvalue weighted by Crippen LogP contribution is 2.27. The molecule has 2 aromatic rings. The van der Waals surface area contributed by atoms with Crippen molar-refractivity contribution in [1.82, 2.24) is 14.9 Å². The molecule has 1 saturated heterocycles. The molecule has 0 spiro atoms. The van der Waals surface area contributed by atoms with Gasteiger partial charge in [-0.25, -0.2) is 4.79 Å². The first-order chi connectivity index (χ1) is 12.8. The number of nitrogens with zero attached hydrogens (tertiary/aromatic N) is 2. The van der Waals surface area contributed by atoms with Crippen LogP contribution in [0.2, 0.25) is 0 Å². The third-order valence-corrected chi connectivity index (χ3v) is 4.48. The average molecular weight is 376 g/mol. The molecule has 1 aromatic carbocycles. The maximum atomic E-state index is 11.9. The third-order valence-electron chi connectivity index (χ3n) is 4.48. The topological polar surface area (TPSA) is 139 Å². The average Bonchev–Trinajstić information content (AvgIpc) is 2.99. The number of H-pyrrole nitrogens is 1. The Morgan fingerprint density at radius 3 is 2.74 bits per heavy atom. The number of nitro groups is 1. The van der Waals surface area contributed by atoms with Crippen LogP contribution in [0.4, 0.5) is 5.69 Å². The standard InChI is InChI=1S/C17H20N4O6/c1-10-9-20(17(24)19-16(10)23)15-6-13(22)14(27-15)8-18-7-11-2-4-12(5-3-11)21(25)26/h2-5,9,13-15,18,22H,6-8H2,1H3,(H,19,23,24)/t13-,14+,15+/m0/s1. The number of ether oxygens (including phenoxy) is 1. The van der Waals surface area contributed by atoms with Crippen LogP contribution >= 0.6 is 0 Å². The number of benzene rings is 1. The van der Waals surface area contributed by atoms with Crippen LogP contribution in [0, 0.1) is 17.0 Å². The highest BCUT2D eigenvalue weighted by atomic mass is 16.6. The number of hydrogen-bond donors (Lipinski definition) is 3. The van der Waals surface area contributed by atoms with E-state index in [0.717, 1.165) is 5.56 Å². The summed E-state index contributed by atoms with van der Waals surface area (Å²) in [6, 6.07) is 6.17. The Morgan fingerprint density at radius 2 is 2.07 bits per heavy atom. The van der Waals surface area contributed by atoms with Gasteiger partial charge in [0, 0.05) is 43.4 Å². The summed E-state index contributed by atoms with van der Waals surface area (Å²) in [5, 5.41) is 24.0. The van der Waals surface area contributed by atoms with Gasteiger partial charge in [0.2, 0.25) is 0 Å². The monoisotopic (exact) mass is 376 g/mol. The first kappa shape index (κ1) is 19.0. The number of hydrogen-bond acceptors (Lipinski definition) is 7. The van der Waals surface area contributed by atoms with Gasteiger partial charge in [-0.2, -0.15) is 0 Å². The van der Waals surface area contributed by atoms with Gasteiger partial charge in [0.25, 0.3) is 11.2 Å². The zero-order chi connectivity index (χ0) is 19.6. The predicted octanol–water partition coefficient (Wildman–Crippen LogP) is 0.191. The Kier molecular flexibility index (Phi) is 5.49. The number of aliphatic hydroxyl groups excluding tert-OH is 1. The van der Waals surface area contributed by atoms with E-state index in [1.165, 1.54) is 22.9 Å². The van der Waals surface area contributed by atoms with Crippen molar-refractivity contribution in [1.29, 1.82) is 0 Å². The molecule has 10 nitrogen and oxygen atoms in total. The predicted molar refractivity (Wildman–Crippen MR) is 95.4 cm³/mol. The fourth-order valence-electron chi connectivity index (χ4n) is 2.96. The second-order valence-corrected chi connectivity index (χ2v) is 6.47. The summed E-state index contributed by atoms with van der Waals surface area (Å²) in [7, 11) is 0. The van der Waals surface area contributed by atoms with E-state index in [4.69, 9.17) is 4.74 Å². The van der Waals surface area contributed by atoms with Crippen LogP contribution in [0.15, 0.2) is 40.1 Å². The Bertz CT molecular complexity index is 936. The lowest BCUT2D eigenvalue weighted by molar-refractivity contribution is -0.384. The summed E-state index contributed by atoms with van der Waals surface area (Å²) in [5.41, 5.74) is 0.237. The molecule has 1 aliphatic rings. The van der Waals surface area contributed by atoms with Crippen LogP contribution in [0.5, 0.6) is 0 Å². The van der Waals surface area contributed by atoms with Crippen LogP contribution < -0.4 is 16.6 Å². The van der Waals surface area contributed by atoms with E-state index in [-0.39, 0.29) is 12.1 Å². The summed E-state index contributed by atoms with van der Waals surface area (Å²) in [6.07, 6.45) is -0.291. The van der Waals surface area contributed by atoms with Gasteiger partial charge in [-0.15, -0.1) is 0 Å². The van der Waals surface area contributed by atoms with Gasteiger partial charge in [-0.1, -0.05) is 12.1 Å². The molecule has 0 unspecified atom stereocenters. The number of rotatable bonds is 6. The molecule has 0 aliphatic carbocycles. The maximum Gasteiger partial charge on any atom is 0.330 e. The molecule has 3 rings (SSSR count). The zero-order valence-corrected chi connectivity index (χ0v) is 14.6. The molecule has 0 saturated carbocycles. The van der Waals surface area contributed by atoms with E-state index < -0.39 is 34.6 Å². The summed E-state index contributed by atoms with van der Waals surface area (Å²) < 4.78 is 7.04. The first-order valence-electron chi connectivity index (χ1n) is 8.45. The van der Waals surface area contributed by atoms with E-state index >= 15 is 0 Å². The van der Waals surface area contributed by atoms with Gasteiger partial charge in [-0.05, 0) is 12.5 Å². The lowest BCUT2D eigenvalue weighted by atomic mass is 10.1. The summed E-state index contributed by atoms with van der Waals surface area (Å²) in [4.78, 5) is 35.8. The summed E-state index contributed by atoms with van der Waals surface area (Å²) in [6.45, 7) is 2.38. The Labute approximate surface area is 153 Å². The second kappa shape index (κ2) is 7.82. The van der Waals surface area contributed by atoms with Crippen LogP contribution in [-0.2, 0) is 11.3 Å². The smallest absolute Gasteiger partial charge is 0.330 e. The normalized spacial score (nSPS) is 22.1. The second-order valence-electron chi connectivity index (χ2n) is 6.47. The van der Waals surface area contributed by atoms with Gasteiger partial charge < -0.3 is 15.2 Å². The highest BCUT2D eigenvalue weighted by Gasteiger charge is 2.35. The van der Waals surface area contributed by atoms with Gasteiger partial charge in [0.15, 0.2) is 0 Å². The maximum absolute atomic E-state index is 11.9. The first-order valence-corrected chi connectivity index (χ1v) is 8.45. The van der Waals surface area contributed by atoms with Crippen molar-refractivity contribution in [2.75, 3.05) is 6.54 Å². The van der Waals surface area contributed by atoms with Crippen molar-refractivity contribution in [3.05, 3.63) is 72.5 Å². The van der Waals surface area contributed by atoms with E-state index in [0.29, 0.717) is 18.7 Å². The van der Waals surface area contributed by atoms with E-state index in [1.807, 2.05) is 0 Å². The quantitative estimate of drug-likeness (QED) is 0.483. The fraction of sp³-hybridized carbons (Fsp3) is 0.412. The van der Waals surface area contributed by atoms with Gasteiger partial charge >= 0.3 is 5.69 Å².